The number of para-hydroxylation sites is 2. The standard InChI is InChI=1S/C28H28N3OP/c1-29-27(23-15-7-3-8-16-23)28(24-17-9-4-10-18-24)30(2)33(29,32)31(25-19-11-5-12-20-25)26-21-13-6-14-22-26/h3-22,27-28H,1-2H3/t27-,28-/m0/s1. The number of benzene rings is 4. The molecule has 5 heteroatoms. The van der Waals surface area contributed by atoms with Gasteiger partial charge in [-0.05, 0) is 49.5 Å². The van der Waals surface area contributed by atoms with Gasteiger partial charge in [-0.3, -0.25) is 9.24 Å². The minimum absolute atomic E-state index is 0.0700. The summed E-state index contributed by atoms with van der Waals surface area (Å²) in [7, 11) is 0.744. The summed E-state index contributed by atoms with van der Waals surface area (Å²) in [6, 6.07) is 40.8. The van der Waals surface area contributed by atoms with Crippen LogP contribution < -0.4 is 4.67 Å². The van der Waals surface area contributed by atoms with Crippen molar-refractivity contribution in [2.75, 3.05) is 18.8 Å². The summed E-state index contributed by atoms with van der Waals surface area (Å²) in [5.41, 5.74) is 4.12. The Morgan fingerprint density at radius 3 is 1.18 bits per heavy atom. The first-order valence-corrected chi connectivity index (χ1v) is 12.8. The van der Waals surface area contributed by atoms with Crippen LogP contribution in [0.2, 0.25) is 0 Å². The van der Waals surface area contributed by atoms with Crippen LogP contribution in [0.4, 0.5) is 11.4 Å². The largest absolute Gasteiger partial charge is 0.316 e. The highest BCUT2D eigenvalue weighted by Gasteiger charge is 2.56. The number of rotatable bonds is 5. The molecule has 1 aliphatic rings. The van der Waals surface area contributed by atoms with Crippen molar-refractivity contribution in [1.82, 2.24) is 9.34 Å². The molecule has 0 aliphatic carbocycles. The van der Waals surface area contributed by atoms with Crippen LogP contribution in [-0.4, -0.2) is 23.4 Å². The molecule has 2 atom stereocenters. The maximum atomic E-state index is 15.3. The lowest BCUT2D eigenvalue weighted by Crippen LogP contribution is -2.28. The molecule has 1 aliphatic heterocycles. The topological polar surface area (TPSA) is 26.8 Å². The summed E-state index contributed by atoms with van der Waals surface area (Å²) in [4.78, 5) is 0. The van der Waals surface area contributed by atoms with Gasteiger partial charge in [0, 0.05) is 11.4 Å². The van der Waals surface area contributed by atoms with Crippen LogP contribution >= 0.6 is 7.59 Å². The first-order chi connectivity index (χ1) is 16.1. The lowest BCUT2D eigenvalue weighted by atomic mass is 9.93. The van der Waals surface area contributed by atoms with E-state index in [4.69, 9.17) is 0 Å². The first-order valence-electron chi connectivity index (χ1n) is 11.2. The van der Waals surface area contributed by atoms with Crippen LogP contribution in [0.1, 0.15) is 23.2 Å². The van der Waals surface area contributed by atoms with Gasteiger partial charge < -0.3 is 0 Å². The van der Waals surface area contributed by atoms with Gasteiger partial charge in [0.15, 0.2) is 0 Å². The Hall–Kier alpha value is -3.17. The van der Waals surface area contributed by atoms with Crippen LogP contribution in [0.3, 0.4) is 0 Å². The second kappa shape index (κ2) is 8.99. The molecular formula is C28H28N3OP. The van der Waals surface area contributed by atoms with Crippen molar-refractivity contribution >= 4 is 19.0 Å². The molecule has 1 heterocycles. The quantitative estimate of drug-likeness (QED) is 0.296. The van der Waals surface area contributed by atoms with Gasteiger partial charge >= 0.3 is 7.59 Å². The van der Waals surface area contributed by atoms with E-state index in [1.807, 2.05) is 91.6 Å². The first kappa shape index (κ1) is 21.7. The Balaban J connectivity index is 1.72. The van der Waals surface area contributed by atoms with Crippen LogP contribution in [0, 0.1) is 0 Å². The summed E-state index contributed by atoms with van der Waals surface area (Å²) in [5.74, 6) is 0. The van der Waals surface area contributed by atoms with Crippen molar-refractivity contribution in [2.45, 2.75) is 12.1 Å². The van der Waals surface area contributed by atoms with Crippen LogP contribution in [0.25, 0.3) is 0 Å². The molecule has 0 unspecified atom stereocenters. The Kier molecular flexibility index (Phi) is 5.90. The average molecular weight is 454 g/mol. The van der Waals surface area contributed by atoms with Crippen molar-refractivity contribution in [2.24, 2.45) is 0 Å². The van der Waals surface area contributed by atoms with Gasteiger partial charge in [-0.25, -0.2) is 9.34 Å². The predicted molar refractivity (Wildman–Crippen MR) is 137 cm³/mol. The normalized spacial score (nSPS) is 20.5. The van der Waals surface area contributed by atoms with E-state index in [1.165, 1.54) is 0 Å². The number of hydrogen-bond acceptors (Lipinski definition) is 1. The molecule has 166 valence electrons. The van der Waals surface area contributed by atoms with Gasteiger partial charge in [0.2, 0.25) is 0 Å². The summed E-state index contributed by atoms with van der Waals surface area (Å²) >= 11 is 0. The molecule has 0 radical (unpaired) electrons. The lowest BCUT2D eigenvalue weighted by Gasteiger charge is -2.38. The third-order valence-electron chi connectivity index (χ3n) is 6.47. The van der Waals surface area contributed by atoms with Crippen molar-refractivity contribution in [1.29, 1.82) is 0 Å². The van der Waals surface area contributed by atoms with E-state index in [2.05, 4.69) is 57.9 Å². The van der Waals surface area contributed by atoms with Gasteiger partial charge in [-0.1, -0.05) is 97.1 Å². The lowest BCUT2D eigenvalue weighted by molar-refractivity contribution is 0.316. The molecule has 0 spiro atoms. The van der Waals surface area contributed by atoms with E-state index in [0.29, 0.717) is 0 Å². The molecule has 4 nitrogen and oxygen atoms in total. The minimum Gasteiger partial charge on any atom is -0.268 e. The second-order valence-corrected chi connectivity index (χ2v) is 11.0. The molecule has 5 rings (SSSR count). The molecule has 4 aromatic rings. The van der Waals surface area contributed by atoms with Crippen molar-refractivity contribution in [3.63, 3.8) is 0 Å². The van der Waals surface area contributed by atoms with E-state index in [9.17, 15) is 0 Å². The number of nitrogens with zero attached hydrogens (tertiary/aromatic N) is 3. The Morgan fingerprint density at radius 1 is 0.545 bits per heavy atom. The van der Waals surface area contributed by atoms with E-state index < -0.39 is 7.59 Å². The van der Waals surface area contributed by atoms with E-state index in [-0.39, 0.29) is 12.1 Å². The Labute approximate surface area is 196 Å². The fourth-order valence-corrected chi connectivity index (χ4v) is 7.97. The smallest absolute Gasteiger partial charge is 0.268 e. The van der Waals surface area contributed by atoms with Crippen LogP contribution in [-0.2, 0) is 4.57 Å². The summed E-state index contributed by atoms with van der Waals surface area (Å²) < 4.78 is 21.5. The zero-order chi connectivity index (χ0) is 22.8. The van der Waals surface area contributed by atoms with Crippen molar-refractivity contribution < 1.29 is 4.57 Å². The van der Waals surface area contributed by atoms with Crippen LogP contribution in [0.5, 0.6) is 0 Å². The molecular weight excluding hydrogens is 425 g/mol. The predicted octanol–water partition coefficient (Wildman–Crippen LogP) is 7.29. The van der Waals surface area contributed by atoms with Gasteiger partial charge in [0.25, 0.3) is 0 Å². The summed E-state index contributed by atoms with van der Waals surface area (Å²) in [6.07, 6.45) is 0. The number of anilines is 2. The Morgan fingerprint density at radius 2 is 0.848 bits per heavy atom. The van der Waals surface area contributed by atoms with Gasteiger partial charge in [0.05, 0.1) is 12.1 Å². The molecule has 33 heavy (non-hydrogen) atoms. The second-order valence-electron chi connectivity index (χ2n) is 8.35. The highest BCUT2D eigenvalue weighted by atomic mass is 31.2. The number of hydrogen-bond donors (Lipinski definition) is 0. The Bertz CT molecular complexity index is 1140. The van der Waals surface area contributed by atoms with Gasteiger partial charge in [-0.15, -0.1) is 0 Å². The molecule has 4 aromatic carbocycles. The summed E-state index contributed by atoms with van der Waals surface area (Å²) in [5, 5.41) is 0. The zero-order valence-corrected chi connectivity index (χ0v) is 19.8. The molecule has 0 aromatic heterocycles. The molecule has 1 saturated heterocycles. The zero-order valence-electron chi connectivity index (χ0n) is 18.9. The summed E-state index contributed by atoms with van der Waals surface area (Å²) in [6.45, 7) is 0. The minimum atomic E-state index is -3.25. The third kappa shape index (κ3) is 3.71. The SMILES string of the molecule is CN1[C@@H](c2ccccc2)[C@H](c2ccccc2)N(C)P1(=O)N(c1ccccc1)c1ccccc1. The van der Waals surface area contributed by atoms with Crippen molar-refractivity contribution in [3.05, 3.63) is 132 Å². The maximum Gasteiger partial charge on any atom is 0.316 e. The van der Waals surface area contributed by atoms with Crippen molar-refractivity contribution in [3.8, 4) is 0 Å². The fourth-order valence-electron chi connectivity index (χ4n) is 4.92. The van der Waals surface area contributed by atoms with Crippen LogP contribution in [0.15, 0.2) is 121 Å². The van der Waals surface area contributed by atoms with E-state index in [1.54, 1.807) is 0 Å². The van der Waals surface area contributed by atoms with Gasteiger partial charge in [-0.2, -0.15) is 0 Å². The number of likely N-dealkylation sites (N-methyl/N-ethyl adjacent to an activating group) is 2. The molecule has 0 saturated carbocycles. The van der Waals surface area contributed by atoms with E-state index >= 15 is 4.57 Å². The fraction of sp³-hybridized carbons (Fsp3) is 0.143. The highest BCUT2D eigenvalue weighted by Crippen LogP contribution is 2.71. The molecule has 0 N–H and O–H groups in total. The molecule has 1 fully saturated rings. The van der Waals surface area contributed by atoms with Gasteiger partial charge in [0.1, 0.15) is 0 Å². The van der Waals surface area contributed by atoms with E-state index in [0.717, 1.165) is 22.5 Å². The monoisotopic (exact) mass is 453 g/mol. The highest BCUT2D eigenvalue weighted by molar-refractivity contribution is 7.61. The average Bonchev–Trinajstić information content (AvgIpc) is 3.08. The molecule has 0 amide bonds. The third-order valence-corrected chi connectivity index (χ3v) is 9.59. The maximum absolute atomic E-state index is 15.3. The molecule has 0 bridgehead atoms.